The van der Waals surface area contributed by atoms with Crippen molar-refractivity contribution in [2.75, 3.05) is 11.4 Å². The molecule has 0 saturated carbocycles. The quantitative estimate of drug-likeness (QED) is 0.665. The first-order valence-corrected chi connectivity index (χ1v) is 8.36. The topological polar surface area (TPSA) is 126 Å². The third-order valence-corrected chi connectivity index (χ3v) is 4.46. The number of hydrogen-bond donors (Lipinski definition) is 2. The van der Waals surface area contributed by atoms with Crippen LogP contribution in [0.5, 0.6) is 0 Å². The maximum absolute atomic E-state index is 14.3. The Morgan fingerprint density at radius 2 is 2.00 bits per heavy atom. The maximum Gasteiger partial charge on any atom is 0.341 e. The summed E-state index contributed by atoms with van der Waals surface area (Å²) in [6, 6.07) is 3.13. The van der Waals surface area contributed by atoms with Gasteiger partial charge in [0.05, 0.1) is 30.7 Å². The van der Waals surface area contributed by atoms with E-state index >= 15 is 0 Å². The molecule has 1 unspecified atom stereocenters. The van der Waals surface area contributed by atoms with Gasteiger partial charge in [-0.15, -0.1) is 0 Å². The molecule has 0 bridgehead atoms. The number of halogens is 2. The van der Waals surface area contributed by atoms with Gasteiger partial charge in [-0.05, 0) is 12.1 Å². The molecule has 4 heterocycles. The van der Waals surface area contributed by atoms with Crippen molar-refractivity contribution in [1.29, 1.82) is 0 Å². The second-order valence-electron chi connectivity index (χ2n) is 6.41. The van der Waals surface area contributed by atoms with Gasteiger partial charge in [-0.25, -0.2) is 23.5 Å². The number of aromatic carboxylic acids is 1. The Balaban J connectivity index is 2.02. The number of nitrogens with zero attached hydrogens (tertiary/aromatic N) is 4. The van der Waals surface area contributed by atoms with Gasteiger partial charge in [0.2, 0.25) is 11.3 Å². The number of carbonyl (C=O) groups is 2. The molecule has 1 aliphatic rings. The maximum atomic E-state index is 14.3. The van der Waals surface area contributed by atoms with Gasteiger partial charge < -0.3 is 10.2 Å². The summed E-state index contributed by atoms with van der Waals surface area (Å²) in [6.45, 7) is -0.0159. The Morgan fingerprint density at radius 3 is 2.62 bits per heavy atom. The Hall–Kier alpha value is -3.73. The fourth-order valence-electron chi connectivity index (χ4n) is 3.15. The fraction of sp³-hybridized carbons (Fsp3) is 0.167. The van der Waals surface area contributed by atoms with Gasteiger partial charge in [0.15, 0.2) is 17.3 Å². The number of β-amino-alcohol motifs (C(OH)–C–C–N with tert-alkyl or cyclic N) is 1. The summed E-state index contributed by atoms with van der Waals surface area (Å²) in [5.74, 6) is -4.39. The van der Waals surface area contributed by atoms with E-state index in [0.717, 1.165) is 17.0 Å². The number of aliphatic hydroxyl groups excluding tert-OH is 1. The number of fused-ring (bicyclic) bond motifs is 1. The van der Waals surface area contributed by atoms with Gasteiger partial charge in [0.1, 0.15) is 17.2 Å². The minimum Gasteiger partial charge on any atom is -0.477 e. The van der Waals surface area contributed by atoms with Gasteiger partial charge in [0, 0.05) is 12.3 Å². The highest BCUT2D eigenvalue weighted by molar-refractivity contribution is 5.97. The summed E-state index contributed by atoms with van der Waals surface area (Å²) in [4.78, 5) is 45.1. The summed E-state index contributed by atoms with van der Waals surface area (Å²) in [5.41, 5.74) is -1.70. The monoisotopic (exact) mass is 402 g/mol. The number of hydrogen-bond acceptors (Lipinski definition) is 6. The average Bonchev–Trinajstić information content (AvgIpc) is 3.00. The van der Waals surface area contributed by atoms with E-state index in [2.05, 4.69) is 9.97 Å². The predicted octanol–water partition coefficient (Wildman–Crippen LogP) is 0.855. The van der Waals surface area contributed by atoms with Crippen LogP contribution in [-0.2, 0) is 4.79 Å². The predicted molar refractivity (Wildman–Crippen MR) is 95.0 cm³/mol. The first kappa shape index (κ1) is 18.6. The standard InChI is InChI=1S/C18H12F2N4O5/c19-8-3-12(20)17(21-5-8)24-7-11(18(28)29)15(27)10-1-2-13(22-16(10)24)23-6-9(25)4-14(23)26/h1-3,5,7,9,25H,4,6H2,(H,28,29). The molecule has 2 N–H and O–H groups in total. The third kappa shape index (κ3) is 3.10. The van der Waals surface area contributed by atoms with Crippen molar-refractivity contribution in [3.63, 3.8) is 0 Å². The van der Waals surface area contributed by atoms with E-state index in [0.29, 0.717) is 6.07 Å². The fourth-order valence-corrected chi connectivity index (χ4v) is 3.15. The minimum absolute atomic E-state index is 0.0159. The summed E-state index contributed by atoms with van der Waals surface area (Å²) < 4.78 is 28.5. The molecule has 11 heteroatoms. The summed E-state index contributed by atoms with van der Waals surface area (Å²) in [5, 5.41) is 18.8. The highest BCUT2D eigenvalue weighted by Gasteiger charge is 2.30. The molecule has 1 atom stereocenters. The molecule has 3 aromatic heterocycles. The normalized spacial score (nSPS) is 16.6. The van der Waals surface area contributed by atoms with Crippen LogP contribution in [0.3, 0.4) is 0 Å². The van der Waals surface area contributed by atoms with Crippen molar-refractivity contribution >= 4 is 28.7 Å². The van der Waals surface area contributed by atoms with Crippen LogP contribution in [0, 0.1) is 11.6 Å². The number of pyridine rings is 3. The minimum atomic E-state index is -1.55. The number of rotatable bonds is 3. The largest absolute Gasteiger partial charge is 0.477 e. The first-order chi connectivity index (χ1) is 13.8. The molecule has 1 fully saturated rings. The van der Waals surface area contributed by atoms with E-state index in [-0.39, 0.29) is 29.8 Å². The van der Waals surface area contributed by atoms with Gasteiger partial charge >= 0.3 is 5.97 Å². The van der Waals surface area contributed by atoms with E-state index < -0.39 is 46.4 Å². The second-order valence-corrected chi connectivity index (χ2v) is 6.41. The van der Waals surface area contributed by atoms with Crippen LogP contribution < -0.4 is 10.3 Å². The Kier molecular flexibility index (Phi) is 4.31. The molecule has 4 rings (SSSR count). The van der Waals surface area contributed by atoms with Crippen LogP contribution in [-0.4, -0.2) is 49.3 Å². The van der Waals surface area contributed by atoms with Crippen molar-refractivity contribution in [1.82, 2.24) is 14.5 Å². The molecule has 29 heavy (non-hydrogen) atoms. The van der Waals surface area contributed by atoms with Gasteiger partial charge in [0.25, 0.3) is 0 Å². The molecule has 1 amide bonds. The zero-order chi connectivity index (χ0) is 20.9. The van der Waals surface area contributed by atoms with Gasteiger partial charge in [-0.2, -0.15) is 0 Å². The lowest BCUT2D eigenvalue weighted by atomic mass is 10.2. The molecule has 148 valence electrons. The van der Waals surface area contributed by atoms with Crippen LogP contribution in [0.2, 0.25) is 0 Å². The zero-order valence-electron chi connectivity index (χ0n) is 14.5. The van der Waals surface area contributed by atoms with Crippen LogP contribution >= 0.6 is 0 Å². The summed E-state index contributed by atoms with van der Waals surface area (Å²) >= 11 is 0. The molecule has 1 aliphatic heterocycles. The summed E-state index contributed by atoms with van der Waals surface area (Å²) in [6.07, 6.45) is 0.590. The molecule has 3 aromatic rings. The van der Waals surface area contributed by atoms with Crippen LogP contribution in [0.1, 0.15) is 16.8 Å². The zero-order valence-corrected chi connectivity index (χ0v) is 14.5. The molecule has 9 nitrogen and oxygen atoms in total. The van der Waals surface area contributed by atoms with Crippen molar-refractivity contribution < 1.29 is 28.6 Å². The van der Waals surface area contributed by atoms with Crippen LogP contribution in [0.15, 0.2) is 35.4 Å². The SMILES string of the molecule is O=C(O)c1cn(-c2ncc(F)cc2F)c2nc(N3CC(O)CC3=O)ccc2c1=O. The molecule has 0 aromatic carbocycles. The lowest BCUT2D eigenvalue weighted by Crippen LogP contribution is -2.27. The Labute approximate surface area is 160 Å². The van der Waals surface area contributed by atoms with E-state index in [1.165, 1.54) is 17.0 Å². The van der Waals surface area contributed by atoms with Crippen molar-refractivity contribution in [2.45, 2.75) is 12.5 Å². The Bertz CT molecular complexity index is 1240. The van der Waals surface area contributed by atoms with Gasteiger partial charge in [-0.1, -0.05) is 0 Å². The summed E-state index contributed by atoms with van der Waals surface area (Å²) in [7, 11) is 0. The average molecular weight is 402 g/mol. The molecule has 0 radical (unpaired) electrons. The van der Waals surface area contributed by atoms with E-state index in [1.54, 1.807) is 0 Å². The van der Waals surface area contributed by atoms with E-state index in [9.17, 15) is 33.4 Å². The highest BCUT2D eigenvalue weighted by atomic mass is 19.1. The number of aromatic nitrogens is 3. The molecular formula is C18H12F2N4O5. The van der Waals surface area contributed by atoms with Crippen molar-refractivity contribution in [3.8, 4) is 5.82 Å². The van der Waals surface area contributed by atoms with E-state index in [4.69, 9.17) is 0 Å². The van der Waals surface area contributed by atoms with Crippen molar-refractivity contribution in [2.24, 2.45) is 0 Å². The lowest BCUT2D eigenvalue weighted by Gasteiger charge is -2.17. The molecule has 0 spiro atoms. The lowest BCUT2D eigenvalue weighted by molar-refractivity contribution is -0.117. The number of aliphatic hydroxyl groups is 1. The Morgan fingerprint density at radius 1 is 1.24 bits per heavy atom. The van der Waals surface area contributed by atoms with E-state index in [1.807, 2.05) is 0 Å². The molecule has 0 aliphatic carbocycles. The first-order valence-electron chi connectivity index (χ1n) is 8.36. The third-order valence-electron chi connectivity index (χ3n) is 4.46. The number of amides is 1. The number of anilines is 1. The van der Waals surface area contributed by atoms with Gasteiger partial charge in [-0.3, -0.25) is 19.1 Å². The molecular weight excluding hydrogens is 390 g/mol. The number of carboxylic acid groups (broad SMARTS) is 1. The molecule has 1 saturated heterocycles. The van der Waals surface area contributed by atoms with Crippen LogP contribution in [0.4, 0.5) is 14.6 Å². The van der Waals surface area contributed by atoms with Crippen LogP contribution in [0.25, 0.3) is 16.9 Å². The smallest absolute Gasteiger partial charge is 0.341 e. The van der Waals surface area contributed by atoms with Crippen molar-refractivity contribution in [3.05, 3.63) is 58.0 Å². The second kappa shape index (κ2) is 6.71. The number of carboxylic acids is 1. The highest BCUT2D eigenvalue weighted by Crippen LogP contribution is 2.24. The number of carbonyl (C=O) groups excluding carboxylic acids is 1.